The van der Waals surface area contributed by atoms with Gasteiger partial charge in [0.2, 0.25) is 0 Å². The Morgan fingerprint density at radius 3 is 2.40 bits per heavy atom. The summed E-state index contributed by atoms with van der Waals surface area (Å²) in [6.45, 7) is 3.37. The van der Waals surface area contributed by atoms with Crippen molar-refractivity contribution in [1.29, 1.82) is 0 Å². The van der Waals surface area contributed by atoms with Gasteiger partial charge in [-0.3, -0.25) is 0 Å². The standard InChI is InChI=1S/C12H20N2O/c13-12-7-9(12)8-15-11(12)3-5-14(6-4-11)10-1-2-10/h9-10H,1-8,13H2. The molecule has 0 amide bonds. The molecule has 0 aromatic carbocycles. The molecule has 2 atom stereocenters. The van der Waals surface area contributed by atoms with E-state index in [1.165, 1.54) is 45.2 Å². The van der Waals surface area contributed by atoms with Crippen LogP contribution in [0.4, 0.5) is 0 Å². The normalized spacial score (nSPS) is 48.2. The topological polar surface area (TPSA) is 38.5 Å². The van der Waals surface area contributed by atoms with Crippen molar-refractivity contribution >= 4 is 0 Å². The van der Waals surface area contributed by atoms with Gasteiger partial charge < -0.3 is 15.4 Å². The monoisotopic (exact) mass is 208 g/mol. The quantitative estimate of drug-likeness (QED) is 0.690. The lowest BCUT2D eigenvalue weighted by molar-refractivity contribution is -0.0746. The zero-order valence-corrected chi connectivity index (χ0v) is 9.24. The lowest BCUT2D eigenvalue weighted by Gasteiger charge is -2.43. The van der Waals surface area contributed by atoms with Gasteiger partial charge in [0.15, 0.2) is 0 Å². The van der Waals surface area contributed by atoms with Crippen LogP contribution in [0.5, 0.6) is 0 Å². The molecule has 84 valence electrons. The number of ether oxygens (including phenoxy) is 1. The Balaban J connectivity index is 1.51. The molecule has 4 aliphatic rings. The maximum atomic E-state index is 6.46. The van der Waals surface area contributed by atoms with Gasteiger partial charge in [0.25, 0.3) is 0 Å². The summed E-state index contributed by atoms with van der Waals surface area (Å²) in [6, 6.07) is 0.910. The van der Waals surface area contributed by atoms with Crippen molar-refractivity contribution in [3.63, 3.8) is 0 Å². The highest BCUT2D eigenvalue weighted by Crippen LogP contribution is 2.59. The Labute approximate surface area is 90.9 Å². The molecule has 2 saturated carbocycles. The molecule has 15 heavy (non-hydrogen) atoms. The molecule has 0 aromatic rings. The zero-order chi connectivity index (χ0) is 10.1. The number of fused-ring (bicyclic) bond motifs is 2. The van der Waals surface area contributed by atoms with Crippen LogP contribution in [0.2, 0.25) is 0 Å². The predicted molar refractivity (Wildman–Crippen MR) is 57.5 cm³/mol. The molecule has 0 radical (unpaired) electrons. The number of piperidine rings is 1. The summed E-state index contributed by atoms with van der Waals surface area (Å²) in [5.41, 5.74) is 6.60. The first-order chi connectivity index (χ1) is 7.24. The van der Waals surface area contributed by atoms with E-state index in [9.17, 15) is 0 Å². The van der Waals surface area contributed by atoms with Gasteiger partial charge in [-0.25, -0.2) is 0 Å². The Hall–Kier alpha value is -0.120. The van der Waals surface area contributed by atoms with Crippen molar-refractivity contribution in [1.82, 2.24) is 4.90 Å². The molecule has 4 rings (SSSR count). The molecule has 2 heterocycles. The molecule has 2 aliphatic carbocycles. The fraction of sp³-hybridized carbons (Fsp3) is 1.00. The average Bonchev–Trinajstić information content (AvgIpc) is 3.12. The zero-order valence-electron chi connectivity index (χ0n) is 9.24. The van der Waals surface area contributed by atoms with Crippen LogP contribution < -0.4 is 5.73 Å². The van der Waals surface area contributed by atoms with Crippen molar-refractivity contribution in [2.75, 3.05) is 19.7 Å². The SMILES string of the molecule is NC12CC1COC21CCN(C2CC2)CC1. The number of likely N-dealkylation sites (tertiary alicyclic amines) is 1. The Morgan fingerprint density at radius 1 is 1.20 bits per heavy atom. The van der Waals surface area contributed by atoms with Crippen LogP contribution in [0.3, 0.4) is 0 Å². The Kier molecular flexibility index (Phi) is 1.54. The molecule has 2 unspecified atom stereocenters. The summed E-state index contributed by atoms with van der Waals surface area (Å²) >= 11 is 0. The van der Waals surface area contributed by atoms with Crippen molar-refractivity contribution < 1.29 is 4.74 Å². The fourth-order valence-corrected chi connectivity index (χ4v) is 3.81. The summed E-state index contributed by atoms with van der Waals surface area (Å²) in [6.07, 6.45) is 6.41. The summed E-state index contributed by atoms with van der Waals surface area (Å²) in [5.74, 6) is 0.685. The van der Waals surface area contributed by atoms with E-state index in [2.05, 4.69) is 4.90 Å². The van der Waals surface area contributed by atoms with Gasteiger partial charge in [-0.1, -0.05) is 0 Å². The van der Waals surface area contributed by atoms with E-state index in [0.717, 1.165) is 12.6 Å². The number of hydrogen-bond acceptors (Lipinski definition) is 3. The van der Waals surface area contributed by atoms with E-state index in [1.807, 2.05) is 0 Å². The van der Waals surface area contributed by atoms with Gasteiger partial charge in [0.1, 0.15) is 0 Å². The number of rotatable bonds is 1. The second-order valence-corrected chi connectivity index (χ2v) is 6.01. The number of hydrogen-bond donors (Lipinski definition) is 1. The predicted octanol–water partition coefficient (Wildman–Crippen LogP) is 0.731. The highest BCUT2D eigenvalue weighted by atomic mass is 16.5. The first-order valence-electron chi connectivity index (χ1n) is 6.40. The summed E-state index contributed by atoms with van der Waals surface area (Å²) in [7, 11) is 0. The Bertz CT molecular complexity index is 292. The molecule has 3 nitrogen and oxygen atoms in total. The Morgan fingerprint density at radius 2 is 1.93 bits per heavy atom. The smallest absolute Gasteiger partial charge is 0.0889 e. The summed E-state index contributed by atoms with van der Waals surface area (Å²) in [4.78, 5) is 2.65. The van der Waals surface area contributed by atoms with E-state index in [1.54, 1.807) is 0 Å². The van der Waals surface area contributed by atoms with Gasteiger partial charge in [-0.2, -0.15) is 0 Å². The lowest BCUT2D eigenvalue weighted by Crippen LogP contribution is -2.56. The molecule has 2 aliphatic heterocycles. The van der Waals surface area contributed by atoms with Crippen LogP contribution in [0, 0.1) is 5.92 Å². The third-order valence-corrected chi connectivity index (χ3v) is 5.23. The first kappa shape index (κ1) is 8.97. The minimum Gasteiger partial charge on any atom is -0.373 e. The van der Waals surface area contributed by atoms with Crippen molar-refractivity contribution in [3.8, 4) is 0 Å². The van der Waals surface area contributed by atoms with Crippen LogP contribution >= 0.6 is 0 Å². The minimum absolute atomic E-state index is 0.0721. The molecule has 2 saturated heterocycles. The molecule has 4 fully saturated rings. The number of nitrogens with two attached hydrogens (primary N) is 1. The highest BCUT2D eigenvalue weighted by Gasteiger charge is 2.70. The summed E-state index contributed by atoms with van der Waals surface area (Å²) < 4.78 is 6.04. The molecule has 1 spiro atoms. The van der Waals surface area contributed by atoms with Crippen LogP contribution in [0.1, 0.15) is 32.1 Å². The average molecular weight is 208 g/mol. The van der Waals surface area contributed by atoms with Crippen LogP contribution in [0.25, 0.3) is 0 Å². The van der Waals surface area contributed by atoms with Gasteiger partial charge in [-0.15, -0.1) is 0 Å². The van der Waals surface area contributed by atoms with Crippen molar-refractivity contribution in [2.45, 2.75) is 49.3 Å². The molecule has 3 heteroatoms. The van der Waals surface area contributed by atoms with E-state index in [0.29, 0.717) is 5.92 Å². The second kappa shape index (κ2) is 2.58. The van der Waals surface area contributed by atoms with E-state index >= 15 is 0 Å². The van der Waals surface area contributed by atoms with Gasteiger partial charge in [0.05, 0.1) is 17.7 Å². The maximum absolute atomic E-state index is 6.46. The van der Waals surface area contributed by atoms with Gasteiger partial charge in [0, 0.05) is 25.0 Å². The molecule has 0 aromatic heterocycles. The van der Waals surface area contributed by atoms with Crippen LogP contribution in [0.15, 0.2) is 0 Å². The second-order valence-electron chi connectivity index (χ2n) is 6.01. The van der Waals surface area contributed by atoms with Crippen molar-refractivity contribution in [2.24, 2.45) is 11.7 Å². The third kappa shape index (κ3) is 1.07. The molecule has 2 N–H and O–H groups in total. The van der Waals surface area contributed by atoms with Gasteiger partial charge in [-0.05, 0) is 32.1 Å². The van der Waals surface area contributed by atoms with E-state index in [-0.39, 0.29) is 11.1 Å². The summed E-state index contributed by atoms with van der Waals surface area (Å²) in [5, 5.41) is 0. The van der Waals surface area contributed by atoms with Crippen LogP contribution in [-0.2, 0) is 4.74 Å². The molecular formula is C12H20N2O. The third-order valence-electron chi connectivity index (χ3n) is 5.23. The minimum atomic E-state index is 0.0721. The van der Waals surface area contributed by atoms with E-state index in [4.69, 9.17) is 10.5 Å². The number of nitrogens with zero attached hydrogens (tertiary/aromatic N) is 1. The maximum Gasteiger partial charge on any atom is 0.0889 e. The fourth-order valence-electron chi connectivity index (χ4n) is 3.81. The van der Waals surface area contributed by atoms with Crippen LogP contribution in [-0.4, -0.2) is 41.8 Å². The van der Waals surface area contributed by atoms with Crippen molar-refractivity contribution in [3.05, 3.63) is 0 Å². The highest BCUT2D eigenvalue weighted by molar-refractivity contribution is 5.25. The molecule has 0 bridgehead atoms. The lowest BCUT2D eigenvalue weighted by atomic mass is 9.82. The van der Waals surface area contributed by atoms with E-state index < -0.39 is 0 Å². The van der Waals surface area contributed by atoms with Gasteiger partial charge >= 0.3 is 0 Å². The largest absolute Gasteiger partial charge is 0.373 e. The first-order valence-corrected chi connectivity index (χ1v) is 6.40. The molecular weight excluding hydrogens is 188 g/mol.